The third kappa shape index (κ3) is 2.47. The number of carbonyl (C=O) groups excluding carboxylic acids is 1. The van der Waals surface area contributed by atoms with E-state index in [2.05, 4.69) is 15.3 Å². The van der Waals surface area contributed by atoms with Gasteiger partial charge in [0.05, 0.1) is 11.4 Å². The summed E-state index contributed by atoms with van der Waals surface area (Å²) in [5, 5.41) is 11.8. The quantitative estimate of drug-likeness (QED) is 0.776. The summed E-state index contributed by atoms with van der Waals surface area (Å²) in [6.07, 6.45) is 5.58. The van der Waals surface area contributed by atoms with Crippen LogP contribution in [0.4, 0.5) is 0 Å². The largest absolute Gasteiger partial charge is 0.335 e. The van der Waals surface area contributed by atoms with E-state index in [1.807, 2.05) is 23.0 Å². The topological polar surface area (TPSA) is 83.9 Å². The van der Waals surface area contributed by atoms with Crippen LogP contribution in [0, 0.1) is 0 Å². The molecule has 1 N–H and O–H groups in total. The van der Waals surface area contributed by atoms with E-state index in [1.165, 1.54) is 0 Å². The molecule has 3 aromatic rings. The van der Waals surface area contributed by atoms with Gasteiger partial charge in [-0.05, 0) is 25.0 Å². The Morgan fingerprint density at radius 2 is 2.04 bits per heavy atom. The molecule has 0 spiro atoms. The van der Waals surface area contributed by atoms with Gasteiger partial charge in [-0.3, -0.25) is 14.3 Å². The van der Waals surface area contributed by atoms with Crippen molar-refractivity contribution in [2.24, 2.45) is 0 Å². The number of rotatable bonds is 2. The summed E-state index contributed by atoms with van der Waals surface area (Å²) in [5.74, 6) is -0.153. The Labute approximate surface area is 137 Å². The molecule has 1 unspecified atom stereocenters. The lowest BCUT2D eigenvalue weighted by Gasteiger charge is -2.32. The first kappa shape index (κ1) is 14.6. The van der Waals surface area contributed by atoms with Gasteiger partial charge in [-0.15, -0.1) is 0 Å². The zero-order valence-electron chi connectivity index (χ0n) is 13.1. The molecule has 0 aliphatic carbocycles. The van der Waals surface area contributed by atoms with Gasteiger partial charge in [0, 0.05) is 30.9 Å². The predicted molar refractivity (Wildman–Crippen MR) is 88.8 cm³/mol. The number of fused-ring (bicyclic) bond motifs is 1. The fourth-order valence-electron chi connectivity index (χ4n) is 3.28. The normalized spacial score (nSPS) is 18.0. The van der Waals surface area contributed by atoms with Gasteiger partial charge in [-0.25, -0.2) is 5.10 Å². The molecule has 1 atom stereocenters. The molecule has 0 radical (unpaired) electrons. The SMILES string of the molecule is O=C(c1n[nH]c(=O)c2ccccc12)N1CCCC(n2cccn2)C1. The van der Waals surface area contributed by atoms with E-state index in [1.54, 1.807) is 29.3 Å². The molecule has 1 amide bonds. The van der Waals surface area contributed by atoms with Gasteiger partial charge in [0.15, 0.2) is 5.69 Å². The second-order valence-corrected chi connectivity index (χ2v) is 5.98. The lowest BCUT2D eigenvalue weighted by atomic mass is 10.0. The highest BCUT2D eigenvalue weighted by Gasteiger charge is 2.27. The summed E-state index contributed by atoms with van der Waals surface area (Å²) in [6, 6.07) is 9.11. The number of nitrogens with one attached hydrogen (secondary N) is 1. The van der Waals surface area contributed by atoms with Crippen LogP contribution in [-0.4, -0.2) is 43.9 Å². The highest BCUT2D eigenvalue weighted by molar-refractivity contribution is 6.04. The number of benzene rings is 1. The van der Waals surface area contributed by atoms with Crippen LogP contribution in [0.25, 0.3) is 10.8 Å². The highest BCUT2D eigenvalue weighted by Crippen LogP contribution is 2.23. The minimum atomic E-state index is -0.282. The van der Waals surface area contributed by atoms with Crippen molar-refractivity contribution in [1.29, 1.82) is 0 Å². The number of carbonyl (C=O) groups is 1. The third-order valence-corrected chi connectivity index (χ3v) is 4.48. The van der Waals surface area contributed by atoms with E-state index in [0.717, 1.165) is 12.8 Å². The first-order chi connectivity index (χ1) is 11.7. The Morgan fingerprint density at radius 3 is 2.83 bits per heavy atom. The summed E-state index contributed by atoms with van der Waals surface area (Å²) >= 11 is 0. The number of likely N-dealkylation sites (tertiary alicyclic amines) is 1. The lowest BCUT2D eigenvalue weighted by molar-refractivity contribution is 0.0668. The van der Waals surface area contributed by atoms with Crippen LogP contribution in [0.1, 0.15) is 29.4 Å². The number of amides is 1. The second kappa shape index (κ2) is 5.92. The molecular formula is C17H17N5O2. The van der Waals surface area contributed by atoms with Crippen LogP contribution in [0.2, 0.25) is 0 Å². The van der Waals surface area contributed by atoms with Gasteiger partial charge >= 0.3 is 0 Å². The Bertz CT molecular complexity index is 932. The number of aromatic amines is 1. The fraction of sp³-hybridized carbons (Fsp3) is 0.294. The summed E-state index contributed by atoms with van der Waals surface area (Å²) in [6.45, 7) is 1.28. The molecule has 1 fully saturated rings. The minimum absolute atomic E-state index is 0.153. The van der Waals surface area contributed by atoms with Crippen LogP contribution >= 0.6 is 0 Å². The van der Waals surface area contributed by atoms with E-state index in [0.29, 0.717) is 29.6 Å². The zero-order chi connectivity index (χ0) is 16.5. The molecule has 1 aliphatic heterocycles. The number of hydrogen-bond acceptors (Lipinski definition) is 4. The minimum Gasteiger partial charge on any atom is -0.335 e. The van der Waals surface area contributed by atoms with Crippen molar-refractivity contribution < 1.29 is 4.79 Å². The Balaban J connectivity index is 1.66. The molecule has 24 heavy (non-hydrogen) atoms. The fourth-order valence-corrected chi connectivity index (χ4v) is 3.28. The van der Waals surface area contributed by atoms with Gasteiger partial charge in [0.2, 0.25) is 0 Å². The molecule has 2 aromatic heterocycles. The highest BCUT2D eigenvalue weighted by atomic mass is 16.2. The van der Waals surface area contributed by atoms with Gasteiger partial charge < -0.3 is 4.90 Å². The molecule has 1 saturated heterocycles. The van der Waals surface area contributed by atoms with E-state index in [4.69, 9.17) is 0 Å². The first-order valence-electron chi connectivity index (χ1n) is 8.00. The summed E-state index contributed by atoms with van der Waals surface area (Å²) in [5.41, 5.74) is 0.0153. The molecule has 0 bridgehead atoms. The van der Waals surface area contributed by atoms with Crippen LogP contribution < -0.4 is 5.56 Å². The van der Waals surface area contributed by atoms with Crippen LogP contribution in [0.5, 0.6) is 0 Å². The zero-order valence-corrected chi connectivity index (χ0v) is 13.1. The van der Waals surface area contributed by atoms with Crippen molar-refractivity contribution in [3.63, 3.8) is 0 Å². The average Bonchev–Trinajstić information content (AvgIpc) is 3.17. The number of nitrogens with zero attached hydrogens (tertiary/aromatic N) is 4. The monoisotopic (exact) mass is 323 g/mol. The predicted octanol–water partition coefficient (Wildman–Crippen LogP) is 1.60. The number of hydrogen-bond donors (Lipinski definition) is 1. The first-order valence-corrected chi connectivity index (χ1v) is 8.00. The molecule has 122 valence electrons. The smallest absolute Gasteiger partial charge is 0.275 e. The number of H-pyrrole nitrogens is 1. The lowest BCUT2D eigenvalue weighted by Crippen LogP contribution is -2.41. The molecule has 3 heterocycles. The Morgan fingerprint density at radius 1 is 1.21 bits per heavy atom. The molecule has 7 heteroatoms. The molecular weight excluding hydrogens is 306 g/mol. The molecule has 0 saturated carbocycles. The summed E-state index contributed by atoms with van der Waals surface area (Å²) in [4.78, 5) is 26.6. The van der Waals surface area contributed by atoms with Crippen molar-refractivity contribution in [2.45, 2.75) is 18.9 Å². The Kier molecular flexibility index (Phi) is 3.60. The van der Waals surface area contributed by atoms with E-state index >= 15 is 0 Å². The van der Waals surface area contributed by atoms with Crippen LogP contribution in [-0.2, 0) is 0 Å². The van der Waals surface area contributed by atoms with Gasteiger partial charge in [-0.2, -0.15) is 10.2 Å². The van der Waals surface area contributed by atoms with Crippen LogP contribution in [0.15, 0.2) is 47.5 Å². The maximum Gasteiger partial charge on any atom is 0.275 e. The van der Waals surface area contributed by atoms with E-state index < -0.39 is 0 Å². The maximum absolute atomic E-state index is 13.0. The third-order valence-electron chi connectivity index (χ3n) is 4.48. The Hall–Kier alpha value is -2.96. The van der Waals surface area contributed by atoms with Gasteiger partial charge in [0.25, 0.3) is 11.5 Å². The average molecular weight is 323 g/mol. The molecule has 7 nitrogen and oxygen atoms in total. The van der Waals surface area contributed by atoms with Crippen LogP contribution in [0.3, 0.4) is 0 Å². The summed E-state index contributed by atoms with van der Waals surface area (Å²) in [7, 11) is 0. The van der Waals surface area contributed by atoms with Crippen molar-refractivity contribution >= 4 is 16.7 Å². The maximum atomic E-state index is 13.0. The van der Waals surface area contributed by atoms with Crippen molar-refractivity contribution in [3.8, 4) is 0 Å². The molecule has 1 aliphatic rings. The number of piperidine rings is 1. The van der Waals surface area contributed by atoms with Crippen molar-refractivity contribution in [3.05, 3.63) is 58.8 Å². The number of aromatic nitrogens is 4. The second-order valence-electron chi connectivity index (χ2n) is 5.98. The molecule has 4 rings (SSSR count). The van der Waals surface area contributed by atoms with Crippen molar-refractivity contribution in [2.75, 3.05) is 13.1 Å². The summed E-state index contributed by atoms with van der Waals surface area (Å²) < 4.78 is 1.90. The van der Waals surface area contributed by atoms with Gasteiger partial charge in [0.1, 0.15) is 0 Å². The van der Waals surface area contributed by atoms with E-state index in [9.17, 15) is 9.59 Å². The van der Waals surface area contributed by atoms with E-state index in [-0.39, 0.29) is 17.5 Å². The van der Waals surface area contributed by atoms with Crippen molar-refractivity contribution in [1.82, 2.24) is 24.9 Å². The molecule has 1 aromatic carbocycles. The standard InChI is InChI=1S/C17H17N5O2/c23-16-14-7-2-1-6-13(14)15(19-20-16)17(24)21-9-3-5-12(11-21)22-10-4-8-18-22/h1-2,4,6-8,10,12H,3,5,9,11H2,(H,20,23). The van der Waals surface area contributed by atoms with Gasteiger partial charge in [-0.1, -0.05) is 18.2 Å².